The minimum Gasteiger partial charge on any atom is -0.492 e. The van der Waals surface area contributed by atoms with Crippen molar-refractivity contribution < 1.29 is 9.53 Å². The SMILES string of the molecule is O=C(NCCOc1ccc2ccccc2c1)Nc1cccnc1. The molecule has 1 aromatic heterocycles. The lowest BCUT2D eigenvalue weighted by Gasteiger charge is -2.09. The summed E-state index contributed by atoms with van der Waals surface area (Å²) in [5.41, 5.74) is 0.653. The van der Waals surface area contributed by atoms with Gasteiger partial charge >= 0.3 is 6.03 Å². The maximum atomic E-state index is 11.7. The van der Waals surface area contributed by atoms with Gasteiger partial charge < -0.3 is 15.4 Å². The molecule has 1 heterocycles. The Hall–Kier alpha value is -3.08. The molecular formula is C18H17N3O2. The average molecular weight is 307 g/mol. The van der Waals surface area contributed by atoms with Crippen molar-refractivity contribution in [2.75, 3.05) is 18.5 Å². The summed E-state index contributed by atoms with van der Waals surface area (Å²) < 4.78 is 5.66. The van der Waals surface area contributed by atoms with E-state index in [1.807, 2.05) is 36.4 Å². The molecule has 0 aliphatic heterocycles. The zero-order valence-corrected chi connectivity index (χ0v) is 12.5. The van der Waals surface area contributed by atoms with Crippen LogP contribution in [-0.4, -0.2) is 24.2 Å². The van der Waals surface area contributed by atoms with Gasteiger partial charge in [0.1, 0.15) is 12.4 Å². The predicted molar refractivity (Wildman–Crippen MR) is 90.7 cm³/mol. The van der Waals surface area contributed by atoms with Crippen LogP contribution in [0.15, 0.2) is 67.0 Å². The van der Waals surface area contributed by atoms with Crippen molar-refractivity contribution in [2.24, 2.45) is 0 Å². The summed E-state index contributed by atoms with van der Waals surface area (Å²) in [6.07, 6.45) is 3.24. The minimum atomic E-state index is -0.278. The van der Waals surface area contributed by atoms with Gasteiger partial charge in [0.25, 0.3) is 0 Å². The number of pyridine rings is 1. The van der Waals surface area contributed by atoms with E-state index in [4.69, 9.17) is 4.74 Å². The molecule has 0 aliphatic rings. The molecule has 0 fully saturated rings. The van der Waals surface area contributed by atoms with Crippen LogP contribution in [0.1, 0.15) is 0 Å². The molecule has 0 radical (unpaired) electrons. The van der Waals surface area contributed by atoms with E-state index < -0.39 is 0 Å². The topological polar surface area (TPSA) is 63.2 Å². The van der Waals surface area contributed by atoms with E-state index >= 15 is 0 Å². The molecule has 2 amide bonds. The Bertz CT molecular complexity index is 790. The second kappa shape index (κ2) is 7.26. The molecule has 0 spiro atoms. The number of fused-ring (bicyclic) bond motifs is 1. The van der Waals surface area contributed by atoms with E-state index in [2.05, 4.69) is 21.7 Å². The van der Waals surface area contributed by atoms with Crippen LogP contribution in [-0.2, 0) is 0 Å². The van der Waals surface area contributed by atoms with Crippen LogP contribution < -0.4 is 15.4 Å². The number of amides is 2. The lowest BCUT2D eigenvalue weighted by molar-refractivity contribution is 0.247. The molecule has 0 bridgehead atoms. The monoisotopic (exact) mass is 307 g/mol. The lowest BCUT2D eigenvalue weighted by atomic mass is 10.1. The van der Waals surface area contributed by atoms with Gasteiger partial charge in [0, 0.05) is 6.20 Å². The fourth-order valence-electron chi connectivity index (χ4n) is 2.20. The van der Waals surface area contributed by atoms with Gasteiger partial charge in [0.2, 0.25) is 0 Å². The third-order valence-corrected chi connectivity index (χ3v) is 3.30. The third kappa shape index (κ3) is 4.20. The number of carbonyl (C=O) groups is 1. The number of nitrogens with one attached hydrogen (secondary N) is 2. The number of nitrogens with zero attached hydrogens (tertiary/aromatic N) is 1. The highest BCUT2D eigenvalue weighted by Crippen LogP contribution is 2.20. The first-order chi connectivity index (χ1) is 11.3. The van der Waals surface area contributed by atoms with E-state index in [-0.39, 0.29) is 6.03 Å². The zero-order valence-electron chi connectivity index (χ0n) is 12.5. The van der Waals surface area contributed by atoms with E-state index in [1.54, 1.807) is 24.5 Å². The van der Waals surface area contributed by atoms with Crippen molar-refractivity contribution in [1.82, 2.24) is 10.3 Å². The quantitative estimate of drug-likeness (QED) is 0.710. The molecule has 5 heteroatoms. The Labute approximate surface area is 134 Å². The number of ether oxygens (including phenoxy) is 1. The second-order valence-electron chi connectivity index (χ2n) is 4.98. The molecule has 5 nitrogen and oxygen atoms in total. The van der Waals surface area contributed by atoms with Gasteiger partial charge in [0.15, 0.2) is 0 Å². The molecule has 0 saturated heterocycles. The number of hydrogen-bond donors (Lipinski definition) is 2. The van der Waals surface area contributed by atoms with Crippen LogP contribution in [0.5, 0.6) is 5.75 Å². The lowest BCUT2D eigenvalue weighted by Crippen LogP contribution is -2.32. The highest BCUT2D eigenvalue weighted by molar-refractivity contribution is 5.88. The van der Waals surface area contributed by atoms with Crippen LogP contribution in [0, 0.1) is 0 Å². The van der Waals surface area contributed by atoms with Crippen LogP contribution >= 0.6 is 0 Å². The predicted octanol–water partition coefficient (Wildman–Crippen LogP) is 3.44. The average Bonchev–Trinajstić information content (AvgIpc) is 2.59. The molecule has 2 aromatic carbocycles. The van der Waals surface area contributed by atoms with Gasteiger partial charge in [-0.05, 0) is 35.0 Å². The fraction of sp³-hybridized carbons (Fsp3) is 0.111. The van der Waals surface area contributed by atoms with Crippen molar-refractivity contribution in [3.05, 3.63) is 67.0 Å². The van der Waals surface area contributed by atoms with Crippen LogP contribution in [0.2, 0.25) is 0 Å². The number of aromatic nitrogens is 1. The van der Waals surface area contributed by atoms with E-state index in [1.165, 1.54) is 5.39 Å². The summed E-state index contributed by atoms with van der Waals surface area (Å²) in [7, 11) is 0. The molecule has 3 aromatic rings. The number of carbonyl (C=O) groups excluding carboxylic acids is 1. The Kier molecular flexibility index (Phi) is 4.69. The zero-order chi connectivity index (χ0) is 15.9. The first kappa shape index (κ1) is 14.8. The summed E-state index contributed by atoms with van der Waals surface area (Å²) >= 11 is 0. The van der Waals surface area contributed by atoms with Crippen LogP contribution in [0.25, 0.3) is 10.8 Å². The van der Waals surface area contributed by atoms with Gasteiger partial charge in [-0.15, -0.1) is 0 Å². The molecule has 0 unspecified atom stereocenters. The van der Waals surface area contributed by atoms with Gasteiger partial charge in [0.05, 0.1) is 18.4 Å². The molecule has 23 heavy (non-hydrogen) atoms. The Balaban J connectivity index is 1.44. The second-order valence-corrected chi connectivity index (χ2v) is 4.98. The number of urea groups is 1. The van der Waals surface area contributed by atoms with E-state index in [0.29, 0.717) is 18.8 Å². The standard InChI is InChI=1S/C18H17N3O2/c22-18(21-16-6-3-9-19-13-16)20-10-11-23-17-8-7-14-4-1-2-5-15(14)12-17/h1-9,12-13H,10-11H2,(H2,20,21,22). The van der Waals surface area contributed by atoms with Crippen molar-refractivity contribution in [2.45, 2.75) is 0 Å². The minimum absolute atomic E-state index is 0.278. The third-order valence-electron chi connectivity index (χ3n) is 3.30. The summed E-state index contributed by atoms with van der Waals surface area (Å²) in [4.78, 5) is 15.6. The summed E-state index contributed by atoms with van der Waals surface area (Å²) in [5, 5.41) is 7.74. The van der Waals surface area contributed by atoms with Gasteiger partial charge in [-0.25, -0.2) is 4.79 Å². The molecule has 3 rings (SSSR count). The Morgan fingerprint density at radius 2 is 1.91 bits per heavy atom. The summed E-state index contributed by atoms with van der Waals surface area (Å²) in [6.45, 7) is 0.817. The van der Waals surface area contributed by atoms with Gasteiger partial charge in [-0.1, -0.05) is 30.3 Å². The highest BCUT2D eigenvalue weighted by Gasteiger charge is 2.01. The van der Waals surface area contributed by atoms with Gasteiger partial charge in [-0.3, -0.25) is 4.98 Å². The normalized spacial score (nSPS) is 10.3. The van der Waals surface area contributed by atoms with Crippen LogP contribution in [0.4, 0.5) is 10.5 Å². The molecule has 0 aliphatic carbocycles. The number of anilines is 1. The first-order valence-electron chi connectivity index (χ1n) is 7.38. The molecule has 2 N–H and O–H groups in total. The van der Waals surface area contributed by atoms with Crippen molar-refractivity contribution in [3.8, 4) is 5.75 Å². The Morgan fingerprint density at radius 3 is 2.74 bits per heavy atom. The maximum Gasteiger partial charge on any atom is 0.319 e. The first-order valence-corrected chi connectivity index (χ1v) is 7.38. The highest BCUT2D eigenvalue weighted by atomic mass is 16.5. The smallest absolute Gasteiger partial charge is 0.319 e. The van der Waals surface area contributed by atoms with Crippen molar-refractivity contribution in [1.29, 1.82) is 0 Å². The largest absolute Gasteiger partial charge is 0.492 e. The van der Waals surface area contributed by atoms with Crippen LogP contribution in [0.3, 0.4) is 0 Å². The fourth-order valence-corrected chi connectivity index (χ4v) is 2.20. The van der Waals surface area contributed by atoms with E-state index in [9.17, 15) is 4.79 Å². The van der Waals surface area contributed by atoms with Crippen molar-refractivity contribution >= 4 is 22.5 Å². The number of benzene rings is 2. The molecule has 0 atom stereocenters. The number of rotatable bonds is 5. The maximum absolute atomic E-state index is 11.7. The summed E-state index contributed by atoms with van der Waals surface area (Å²) in [5.74, 6) is 0.790. The molecule has 0 saturated carbocycles. The van der Waals surface area contributed by atoms with Crippen molar-refractivity contribution in [3.63, 3.8) is 0 Å². The summed E-state index contributed by atoms with van der Waals surface area (Å²) in [6, 6.07) is 17.3. The van der Waals surface area contributed by atoms with Gasteiger partial charge in [-0.2, -0.15) is 0 Å². The number of hydrogen-bond acceptors (Lipinski definition) is 3. The molecule has 116 valence electrons. The van der Waals surface area contributed by atoms with E-state index in [0.717, 1.165) is 11.1 Å². The Morgan fingerprint density at radius 1 is 1.04 bits per heavy atom. The molecular weight excluding hydrogens is 290 g/mol.